The molecule has 10 bridgehead atoms. The van der Waals surface area contributed by atoms with Gasteiger partial charge in [0.25, 0.3) is 0 Å². The highest BCUT2D eigenvalue weighted by atomic mass is 16.8. The third-order valence-corrected chi connectivity index (χ3v) is 15.3. The number of aliphatic hydroxyl groups excluding tert-OH is 21. The van der Waals surface area contributed by atoms with Crippen LogP contribution in [0.2, 0.25) is 0 Å². The Hall–Kier alpha value is -1.32. The third kappa shape index (κ3) is 14.3. The normalized spacial score (nSPS) is 52.1. The topological polar surface area (TPSA) is 536 Å². The molecule has 464 valence electrons. The van der Waals surface area contributed by atoms with E-state index >= 15 is 0 Å². The predicted octanol–water partition coefficient (Wildman–Crippen LogP) is -12.6. The van der Waals surface area contributed by atoms with Gasteiger partial charge in [-0.05, 0) is 13.8 Å². The van der Waals surface area contributed by atoms with Gasteiger partial charge in [0.15, 0.2) is 31.5 Å². The standard InChI is InChI=1S/C46H82O33/c1-12(5-47)35-23(56)22(55)15(4)69-37-16(7-49)70-43(30(63)25(37)58)76-39-18(9-51)72-45(32(65)27(39)60)78-41-20(11-53)74-46(34(67)29(41)62)79-40-19(10-52)73-44(33(66)28(40)61)77-38-17(8-50)71-42(31(64)26(38)59)75-36(13(2)6-48)24(57)21(54)14(3)68-35/h12-67H,5-11H2,1-4H3/t12?,13?,14-,15-,16?,17?,18?,19?,20?,21?,22?,23?,24?,25?,26?,27?,28?,29?,30?,31?,32?,33?,34?,35+,36+,37+,38+,39+,40+,41+,42+,43+,44+,45+,46+/m0/s1. The van der Waals surface area contributed by atoms with Crippen LogP contribution in [0.5, 0.6) is 0 Å². The van der Waals surface area contributed by atoms with Crippen LogP contribution in [0.4, 0.5) is 0 Å². The minimum absolute atomic E-state index is 0.701. The summed E-state index contributed by atoms with van der Waals surface area (Å²) in [5.41, 5.74) is 0. The summed E-state index contributed by atoms with van der Waals surface area (Å²) in [5.74, 6) is -2.19. The largest absolute Gasteiger partial charge is 0.396 e. The van der Waals surface area contributed by atoms with E-state index in [1.807, 2.05) is 0 Å². The minimum Gasteiger partial charge on any atom is -0.396 e. The monoisotopic (exact) mass is 1160 g/mol. The molecule has 11 aliphatic rings. The Morgan fingerprint density at radius 2 is 0.468 bits per heavy atom. The molecular formula is C46H82O33. The quantitative estimate of drug-likeness (QED) is 0.102. The van der Waals surface area contributed by atoms with Crippen molar-refractivity contribution in [1.82, 2.24) is 0 Å². The second-order valence-electron chi connectivity index (χ2n) is 20.9. The number of hydrogen-bond donors (Lipinski definition) is 21. The molecule has 21 unspecified atom stereocenters. The number of aliphatic hydroxyl groups is 21. The van der Waals surface area contributed by atoms with Crippen LogP contribution in [0.25, 0.3) is 0 Å². The molecular weight excluding hydrogens is 1080 g/mol. The van der Waals surface area contributed by atoms with Crippen LogP contribution in [0.3, 0.4) is 0 Å². The Bertz CT molecular complexity index is 1790. The Morgan fingerprint density at radius 3 is 0.709 bits per heavy atom. The van der Waals surface area contributed by atoms with Crippen LogP contribution in [-0.4, -0.2) is 356 Å². The number of fused-ring (bicyclic) bond motifs is 5. The SMILES string of the molecule is CC(CO)[C@H]1O[C@H]2OC(CO)[C@@H](O[C@H]3OC(CO)[C@@H](O[C@H]4OC(CO)[C@@H](O[C@H]5OC(CO)[C@@H](O[C@H]6OC(CO)[C@@H](O[C@@H](C)C(O)C(O)[C@@H](C(C)CO)O[C@@H](C)C(O)C1O)C(O)C6O)C(O)C5O)C(O)C4O)C(O)C3O)C(O)C2O. The van der Waals surface area contributed by atoms with Gasteiger partial charge in [-0.25, -0.2) is 0 Å². The summed E-state index contributed by atoms with van der Waals surface area (Å²) in [4.78, 5) is 0. The lowest BCUT2D eigenvalue weighted by Gasteiger charge is -2.49. The molecule has 33 heteroatoms. The van der Waals surface area contributed by atoms with Crippen molar-refractivity contribution in [2.24, 2.45) is 11.8 Å². The van der Waals surface area contributed by atoms with E-state index in [9.17, 15) is 107 Å². The summed E-state index contributed by atoms with van der Waals surface area (Å²) in [5, 5.41) is 232. The Balaban J connectivity index is 1.32. The summed E-state index contributed by atoms with van der Waals surface area (Å²) in [6.07, 6.45) is -63.9. The molecule has 11 aliphatic heterocycles. The van der Waals surface area contributed by atoms with Gasteiger partial charge in [0.1, 0.15) is 146 Å². The minimum atomic E-state index is -2.20. The second kappa shape index (κ2) is 29.2. The fourth-order valence-corrected chi connectivity index (χ4v) is 10.4. The Morgan fingerprint density at radius 1 is 0.253 bits per heavy atom. The summed E-state index contributed by atoms with van der Waals surface area (Å²) < 4.78 is 69.0. The molecule has 0 amide bonds. The van der Waals surface area contributed by atoms with Gasteiger partial charge in [-0.2, -0.15) is 0 Å². The van der Waals surface area contributed by atoms with Crippen molar-refractivity contribution in [3.05, 3.63) is 0 Å². The first kappa shape index (κ1) is 66.8. The molecule has 35 atom stereocenters. The van der Waals surface area contributed by atoms with Crippen molar-refractivity contribution in [1.29, 1.82) is 0 Å². The van der Waals surface area contributed by atoms with Crippen LogP contribution in [0.1, 0.15) is 27.7 Å². The summed E-state index contributed by atoms with van der Waals surface area (Å²) >= 11 is 0. The molecule has 0 saturated carbocycles. The third-order valence-electron chi connectivity index (χ3n) is 15.3. The van der Waals surface area contributed by atoms with E-state index in [-0.39, 0.29) is 0 Å². The molecule has 0 aliphatic carbocycles. The van der Waals surface area contributed by atoms with Crippen molar-refractivity contribution in [2.75, 3.05) is 46.2 Å². The van der Waals surface area contributed by atoms with Gasteiger partial charge in [0, 0.05) is 25.0 Å². The second-order valence-corrected chi connectivity index (χ2v) is 20.9. The first-order valence-corrected chi connectivity index (χ1v) is 26.0. The maximum absolute atomic E-state index is 11.6. The van der Waals surface area contributed by atoms with Gasteiger partial charge >= 0.3 is 0 Å². The van der Waals surface area contributed by atoms with E-state index in [1.165, 1.54) is 27.7 Å². The fourth-order valence-electron chi connectivity index (χ4n) is 10.4. The van der Waals surface area contributed by atoms with Gasteiger partial charge in [-0.15, -0.1) is 0 Å². The van der Waals surface area contributed by atoms with Crippen LogP contribution in [0.15, 0.2) is 0 Å². The zero-order valence-electron chi connectivity index (χ0n) is 43.4. The highest BCUT2D eigenvalue weighted by Crippen LogP contribution is 2.37. The summed E-state index contributed by atoms with van der Waals surface area (Å²) in [6, 6.07) is 0. The molecule has 0 aromatic heterocycles. The van der Waals surface area contributed by atoms with E-state index in [4.69, 9.17) is 56.8 Å². The van der Waals surface area contributed by atoms with Crippen molar-refractivity contribution in [3.63, 3.8) is 0 Å². The lowest BCUT2D eigenvalue weighted by Crippen LogP contribution is -2.68. The predicted molar refractivity (Wildman–Crippen MR) is 248 cm³/mol. The van der Waals surface area contributed by atoms with E-state index in [0.717, 1.165) is 0 Å². The molecule has 11 rings (SSSR count). The molecule has 11 heterocycles. The summed E-state index contributed by atoms with van der Waals surface area (Å²) in [7, 11) is 0. The Kier molecular flexibility index (Phi) is 24.7. The molecule has 33 nitrogen and oxygen atoms in total. The van der Waals surface area contributed by atoms with Crippen molar-refractivity contribution in [3.8, 4) is 0 Å². The number of ether oxygens (including phenoxy) is 12. The highest BCUT2D eigenvalue weighted by Gasteiger charge is 2.57. The molecule has 79 heavy (non-hydrogen) atoms. The maximum atomic E-state index is 11.6. The van der Waals surface area contributed by atoms with Crippen molar-refractivity contribution >= 4 is 0 Å². The van der Waals surface area contributed by atoms with Crippen molar-refractivity contribution < 1.29 is 164 Å². The maximum Gasteiger partial charge on any atom is 0.187 e. The van der Waals surface area contributed by atoms with Gasteiger partial charge in [0.05, 0.1) is 57.5 Å². The van der Waals surface area contributed by atoms with Crippen molar-refractivity contribution in [2.45, 2.75) is 230 Å². The lowest BCUT2D eigenvalue weighted by atomic mass is 9.92. The Labute approximate surface area is 451 Å². The first-order valence-electron chi connectivity index (χ1n) is 26.0. The van der Waals surface area contributed by atoms with E-state index in [2.05, 4.69) is 0 Å². The van der Waals surface area contributed by atoms with Gasteiger partial charge in [-0.1, -0.05) is 13.8 Å². The summed E-state index contributed by atoms with van der Waals surface area (Å²) in [6.45, 7) is -1.42. The number of hydrogen-bond acceptors (Lipinski definition) is 33. The molecule has 11 fully saturated rings. The molecule has 0 spiro atoms. The van der Waals surface area contributed by atoms with Crippen LogP contribution in [0, 0.1) is 11.8 Å². The molecule has 0 radical (unpaired) electrons. The lowest BCUT2D eigenvalue weighted by molar-refractivity contribution is -0.394. The molecule has 11 saturated heterocycles. The smallest absolute Gasteiger partial charge is 0.187 e. The van der Waals surface area contributed by atoms with Crippen LogP contribution < -0.4 is 0 Å². The molecule has 21 N–H and O–H groups in total. The van der Waals surface area contributed by atoms with Crippen LogP contribution in [-0.2, 0) is 56.8 Å². The zero-order valence-corrected chi connectivity index (χ0v) is 43.4. The highest BCUT2D eigenvalue weighted by molar-refractivity contribution is 5.00. The zero-order chi connectivity index (χ0) is 58.6. The van der Waals surface area contributed by atoms with Gasteiger partial charge in [0.2, 0.25) is 0 Å². The van der Waals surface area contributed by atoms with E-state index in [1.54, 1.807) is 0 Å². The average Bonchev–Trinajstić information content (AvgIpc) is 3.50. The van der Waals surface area contributed by atoms with E-state index < -0.39 is 260 Å². The molecule has 0 aromatic carbocycles. The van der Waals surface area contributed by atoms with Gasteiger partial charge in [-0.3, -0.25) is 0 Å². The van der Waals surface area contributed by atoms with Crippen LogP contribution >= 0.6 is 0 Å². The first-order chi connectivity index (χ1) is 37.3. The van der Waals surface area contributed by atoms with Gasteiger partial charge < -0.3 is 164 Å². The molecule has 0 aromatic rings. The van der Waals surface area contributed by atoms with E-state index in [0.29, 0.717) is 0 Å². The average molecular weight is 1160 g/mol. The number of rotatable bonds is 9. The fraction of sp³-hybridized carbons (Fsp3) is 1.00.